The summed E-state index contributed by atoms with van der Waals surface area (Å²) >= 11 is 0. The molecule has 3 rings (SSSR count). The van der Waals surface area contributed by atoms with Gasteiger partial charge in [0.05, 0.1) is 6.10 Å². The van der Waals surface area contributed by atoms with Gasteiger partial charge in [-0.05, 0) is 77.9 Å². The number of nitrogens with one attached hydrogen (secondary N) is 1. The Morgan fingerprint density at radius 3 is 2.44 bits per heavy atom. The van der Waals surface area contributed by atoms with Crippen molar-refractivity contribution < 1.29 is 19.1 Å². The maximum atomic E-state index is 13.0. The summed E-state index contributed by atoms with van der Waals surface area (Å²) in [6.45, 7) is 11.5. The van der Waals surface area contributed by atoms with Crippen molar-refractivity contribution in [2.24, 2.45) is 0 Å². The van der Waals surface area contributed by atoms with Gasteiger partial charge in [0.15, 0.2) is 0 Å². The Morgan fingerprint density at radius 2 is 1.78 bits per heavy atom. The topological polar surface area (TPSA) is 93.7 Å². The maximum absolute atomic E-state index is 13.0. The maximum Gasteiger partial charge on any atom is 0.414 e. The molecular weight excluding hydrogens is 456 g/mol. The molecule has 2 amide bonds. The number of pyridine rings is 2. The van der Waals surface area contributed by atoms with Crippen molar-refractivity contribution in [3.05, 3.63) is 77.7 Å². The summed E-state index contributed by atoms with van der Waals surface area (Å²) in [5.41, 5.74) is 2.55. The zero-order valence-electron chi connectivity index (χ0n) is 21.7. The van der Waals surface area contributed by atoms with Crippen LogP contribution in [0.2, 0.25) is 0 Å². The summed E-state index contributed by atoms with van der Waals surface area (Å²) in [6.07, 6.45) is 1.55. The molecule has 8 nitrogen and oxygen atoms in total. The average molecular weight is 491 g/mol. The first-order valence-electron chi connectivity index (χ1n) is 12.0. The molecule has 0 aliphatic rings. The molecule has 2 aromatic heterocycles. The third-order valence-electron chi connectivity index (χ3n) is 4.94. The minimum Gasteiger partial charge on any atom is -0.474 e. The lowest BCUT2D eigenvalue weighted by Crippen LogP contribution is -2.38. The average Bonchev–Trinajstić information content (AvgIpc) is 2.78. The summed E-state index contributed by atoms with van der Waals surface area (Å²) in [6, 6.07) is 16.4. The van der Waals surface area contributed by atoms with Crippen LogP contribution in [-0.2, 0) is 11.2 Å². The first-order chi connectivity index (χ1) is 17.0. The Labute approximate surface area is 212 Å². The van der Waals surface area contributed by atoms with Crippen LogP contribution in [0.3, 0.4) is 0 Å². The molecule has 0 saturated heterocycles. The van der Waals surface area contributed by atoms with Gasteiger partial charge in [-0.25, -0.2) is 9.78 Å². The highest BCUT2D eigenvalue weighted by atomic mass is 16.6. The van der Waals surface area contributed by atoms with Gasteiger partial charge < -0.3 is 14.8 Å². The summed E-state index contributed by atoms with van der Waals surface area (Å²) in [5, 5.41) is 2.90. The van der Waals surface area contributed by atoms with E-state index in [2.05, 4.69) is 15.3 Å². The number of hydrogen-bond acceptors (Lipinski definition) is 6. The van der Waals surface area contributed by atoms with Crippen molar-refractivity contribution in [1.82, 2.24) is 9.97 Å². The predicted molar refractivity (Wildman–Crippen MR) is 141 cm³/mol. The molecule has 1 N–H and O–H groups in total. The van der Waals surface area contributed by atoms with E-state index < -0.39 is 11.7 Å². The van der Waals surface area contributed by atoms with E-state index >= 15 is 0 Å². The molecule has 0 fully saturated rings. The Morgan fingerprint density at radius 1 is 1.06 bits per heavy atom. The molecule has 190 valence electrons. The van der Waals surface area contributed by atoms with Crippen LogP contribution in [0, 0.1) is 6.92 Å². The number of carbonyl (C=O) groups is 2. The van der Waals surface area contributed by atoms with Gasteiger partial charge in [-0.3, -0.25) is 14.7 Å². The van der Waals surface area contributed by atoms with Crippen LogP contribution in [0.25, 0.3) is 0 Å². The number of ether oxygens (including phenoxy) is 2. The van der Waals surface area contributed by atoms with Crippen LogP contribution in [0.15, 0.2) is 60.8 Å². The largest absolute Gasteiger partial charge is 0.474 e. The van der Waals surface area contributed by atoms with Crippen LogP contribution in [-0.4, -0.2) is 40.2 Å². The lowest BCUT2D eigenvalue weighted by molar-refractivity contribution is 0.0580. The van der Waals surface area contributed by atoms with Gasteiger partial charge in [0.25, 0.3) is 5.91 Å². The van der Waals surface area contributed by atoms with E-state index in [1.54, 1.807) is 35.4 Å². The molecule has 2 heterocycles. The Kier molecular flexibility index (Phi) is 8.64. The molecule has 0 aliphatic heterocycles. The first kappa shape index (κ1) is 26.7. The van der Waals surface area contributed by atoms with E-state index in [1.165, 1.54) is 0 Å². The van der Waals surface area contributed by atoms with Gasteiger partial charge in [0.2, 0.25) is 5.88 Å². The van der Waals surface area contributed by atoms with E-state index in [0.717, 1.165) is 17.1 Å². The summed E-state index contributed by atoms with van der Waals surface area (Å²) in [4.78, 5) is 36.3. The van der Waals surface area contributed by atoms with Gasteiger partial charge in [-0.1, -0.05) is 18.2 Å². The minimum absolute atomic E-state index is 0.115. The fraction of sp³-hybridized carbons (Fsp3) is 0.357. The molecule has 0 unspecified atom stereocenters. The smallest absolute Gasteiger partial charge is 0.414 e. The van der Waals surface area contributed by atoms with Gasteiger partial charge in [0.1, 0.15) is 11.2 Å². The van der Waals surface area contributed by atoms with Crippen molar-refractivity contribution in [3.8, 4) is 5.88 Å². The zero-order chi connectivity index (χ0) is 26.3. The number of rotatable bonds is 8. The van der Waals surface area contributed by atoms with Gasteiger partial charge >= 0.3 is 6.09 Å². The molecule has 0 radical (unpaired) electrons. The van der Waals surface area contributed by atoms with Crippen LogP contribution in [0.1, 0.15) is 56.4 Å². The Balaban J connectivity index is 1.74. The molecule has 0 aliphatic carbocycles. The molecular formula is C28H34N4O4. The number of amides is 2. The normalized spacial score (nSPS) is 11.2. The van der Waals surface area contributed by atoms with Crippen LogP contribution >= 0.6 is 0 Å². The van der Waals surface area contributed by atoms with Gasteiger partial charge in [0, 0.05) is 41.9 Å². The summed E-state index contributed by atoms with van der Waals surface area (Å²) in [5.74, 6) is -0.0254. The molecule has 8 heteroatoms. The highest BCUT2D eigenvalue weighted by Gasteiger charge is 2.23. The van der Waals surface area contributed by atoms with Crippen LogP contribution in [0.5, 0.6) is 5.88 Å². The third-order valence-corrected chi connectivity index (χ3v) is 4.94. The number of benzene rings is 1. The fourth-order valence-corrected chi connectivity index (χ4v) is 3.39. The monoisotopic (exact) mass is 490 g/mol. The van der Waals surface area contributed by atoms with Crippen molar-refractivity contribution in [2.45, 2.75) is 59.7 Å². The van der Waals surface area contributed by atoms with E-state index in [-0.39, 0.29) is 12.0 Å². The van der Waals surface area contributed by atoms with Crippen molar-refractivity contribution >= 4 is 23.4 Å². The molecule has 0 saturated carbocycles. The second-order valence-electron chi connectivity index (χ2n) is 9.68. The van der Waals surface area contributed by atoms with E-state index in [9.17, 15) is 9.59 Å². The standard InChI is InChI=1S/C28H34N4O4/c1-19(2)35-26-24(13-12-20(3)30-26)25(33)31-22-14-16-29-21(18-22)15-17-32(23-10-8-7-9-11-23)27(34)36-28(4,5)6/h7-14,16,18-19H,15,17H2,1-6H3,(H,29,31,33). The highest BCUT2D eigenvalue weighted by Crippen LogP contribution is 2.21. The SMILES string of the molecule is Cc1ccc(C(=O)Nc2ccnc(CCN(C(=O)OC(C)(C)C)c3ccccc3)c2)c(OC(C)C)n1. The minimum atomic E-state index is -0.616. The van der Waals surface area contributed by atoms with Crippen LogP contribution in [0.4, 0.5) is 16.2 Å². The highest BCUT2D eigenvalue weighted by molar-refractivity contribution is 6.05. The number of carbonyl (C=O) groups excluding carboxylic acids is 2. The predicted octanol–water partition coefficient (Wildman–Crippen LogP) is 5.81. The number of para-hydroxylation sites is 1. The van der Waals surface area contributed by atoms with Crippen molar-refractivity contribution in [2.75, 3.05) is 16.8 Å². The molecule has 36 heavy (non-hydrogen) atoms. The molecule has 1 aromatic carbocycles. The van der Waals surface area contributed by atoms with Gasteiger partial charge in [-0.2, -0.15) is 0 Å². The number of anilines is 2. The quantitative estimate of drug-likeness (QED) is 0.428. The number of hydrogen-bond donors (Lipinski definition) is 1. The first-order valence-corrected chi connectivity index (χ1v) is 12.0. The van der Waals surface area contributed by atoms with Crippen molar-refractivity contribution in [3.63, 3.8) is 0 Å². The number of nitrogens with zero attached hydrogens (tertiary/aromatic N) is 3. The molecule has 3 aromatic rings. The van der Waals surface area contributed by atoms with Gasteiger partial charge in [-0.15, -0.1) is 0 Å². The molecule has 0 atom stereocenters. The second kappa shape index (κ2) is 11.7. The van der Waals surface area contributed by atoms with Crippen LogP contribution < -0.4 is 15.0 Å². The lowest BCUT2D eigenvalue weighted by Gasteiger charge is -2.27. The zero-order valence-corrected chi connectivity index (χ0v) is 21.7. The lowest BCUT2D eigenvalue weighted by atomic mass is 10.2. The molecule has 0 bridgehead atoms. The fourth-order valence-electron chi connectivity index (χ4n) is 3.39. The second-order valence-corrected chi connectivity index (χ2v) is 9.68. The summed E-state index contributed by atoms with van der Waals surface area (Å²) < 4.78 is 11.3. The third kappa shape index (κ3) is 7.80. The Hall–Kier alpha value is -3.94. The molecule has 0 spiro atoms. The number of aryl methyl sites for hydroxylation is 1. The van der Waals surface area contributed by atoms with Crippen molar-refractivity contribution in [1.29, 1.82) is 0 Å². The van der Waals surface area contributed by atoms with E-state index in [4.69, 9.17) is 9.47 Å². The van der Waals surface area contributed by atoms with E-state index in [0.29, 0.717) is 30.1 Å². The van der Waals surface area contributed by atoms with E-state index in [1.807, 2.05) is 71.9 Å². The Bertz CT molecular complexity index is 1190. The number of aromatic nitrogens is 2. The summed E-state index contributed by atoms with van der Waals surface area (Å²) in [7, 11) is 0.